The number of ether oxygens (including phenoxy) is 2. The van der Waals surface area contributed by atoms with Crippen molar-refractivity contribution in [3.63, 3.8) is 0 Å². The molecular formula is C13H20ClNO3. The van der Waals surface area contributed by atoms with Gasteiger partial charge in [-0.25, -0.2) is 0 Å². The highest BCUT2D eigenvalue weighted by molar-refractivity contribution is 6.30. The minimum Gasteiger partial charge on any atom is -0.504 e. The fourth-order valence-electron chi connectivity index (χ4n) is 1.51. The number of hydrogen-bond acceptors (Lipinski definition) is 4. The fourth-order valence-corrected chi connectivity index (χ4v) is 1.74. The van der Waals surface area contributed by atoms with E-state index in [9.17, 15) is 5.11 Å². The standard InChI is InChI=1S/C13H20ClNO3/c1-9(2)18-5-4-15-8-10-6-11(14)7-12(17-3)13(10)16/h6-7,9,15-16H,4-5,8H2,1-3H3. The van der Waals surface area contributed by atoms with Crippen molar-refractivity contribution in [2.75, 3.05) is 20.3 Å². The zero-order chi connectivity index (χ0) is 13.5. The van der Waals surface area contributed by atoms with Gasteiger partial charge in [0, 0.05) is 29.7 Å². The number of rotatable bonds is 7. The maximum Gasteiger partial charge on any atom is 0.162 e. The molecule has 0 amide bonds. The average molecular weight is 274 g/mol. The van der Waals surface area contributed by atoms with Crippen LogP contribution in [0, 0.1) is 0 Å². The van der Waals surface area contributed by atoms with Crippen molar-refractivity contribution < 1.29 is 14.6 Å². The van der Waals surface area contributed by atoms with E-state index >= 15 is 0 Å². The Labute approximate surface area is 113 Å². The molecule has 0 aromatic heterocycles. The summed E-state index contributed by atoms with van der Waals surface area (Å²) in [6, 6.07) is 3.30. The van der Waals surface area contributed by atoms with Gasteiger partial charge >= 0.3 is 0 Å². The summed E-state index contributed by atoms with van der Waals surface area (Å²) in [6.45, 7) is 5.86. The molecule has 0 aliphatic heterocycles. The van der Waals surface area contributed by atoms with Crippen LogP contribution in [0.3, 0.4) is 0 Å². The average Bonchev–Trinajstić information content (AvgIpc) is 2.32. The molecule has 1 rings (SSSR count). The molecule has 0 unspecified atom stereocenters. The van der Waals surface area contributed by atoms with Gasteiger partial charge in [0.1, 0.15) is 0 Å². The van der Waals surface area contributed by atoms with Gasteiger partial charge in [0.2, 0.25) is 0 Å². The second-order valence-electron chi connectivity index (χ2n) is 4.21. The first-order chi connectivity index (χ1) is 8.54. The third kappa shape index (κ3) is 4.72. The van der Waals surface area contributed by atoms with E-state index in [0.717, 1.165) is 0 Å². The summed E-state index contributed by atoms with van der Waals surface area (Å²) in [5.74, 6) is 0.511. The van der Waals surface area contributed by atoms with Crippen LogP contribution in [-0.4, -0.2) is 31.5 Å². The minimum absolute atomic E-state index is 0.124. The zero-order valence-corrected chi connectivity index (χ0v) is 11.8. The molecule has 0 atom stereocenters. The van der Waals surface area contributed by atoms with Crippen molar-refractivity contribution in [1.29, 1.82) is 0 Å². The van der Waals surface area contributed by atoms with Gasteiger partial charge in [0.15, 0.2) is 11.5 Å². The van der Waals surface area contributed by atoms with Gasteiger partial charge in [0.25, 0.3) is 0 Å². The summed E-state index contributed by atoms with van der Waals surface area (Å²) >= 11 is 5.94. The van der Waals surface area contributed by atoms with Gasteiger partial charge in [-0.05, 0) is 19.9 Å². The lowest BCUT2D eigenvalue weighted by molar-refractivity contribution is 0.0807. The Morgan fingerprint density at radius 3 is 2.72 bits per heavy atom. The maximum atomic E-state index is 9.90. The predicted molar refractivity (Wildman–Crippen MR) is 72.5 cm³/mol. The van der Waals surface area contributed by atoms with Crippen molar-refractivity contribution in [2.24, 2.45) is 0 Å². The number of nitrogens with one attached hydrogen (secondary N) is 1. The fraction of sp³-hybridized carbons (Fsp3) is 0.538. The topological polar surface area (TPSA) is 50.7 Å². The highest BCUT2D eigenvalue weighted by Gasteiger charge is 2.09. The van der Waals surface area contributed by atoms with E-state index in [0.29, 0.717) is 36.0 Å². The number of halogens is 1. The van der Waals surface area contributed by atoms with Crippen LogP contribution in [0.5, 0.6) is 11.5 Å². The third-order valence-electron chi connectivity index (χ3n) is 2.38. The molecule has 102 valence electrons. The van der Waals surface area contributed by atoms with Crippen LogP contribution in [-0.2, 0) is 11.3 Å². The summed E-state index contributed by atoms with van der Waals surface area (Å²) in [6.07, 6.45) is 0.228. The van der Waals surface area contributed by atoms with Gasteiger partial charge in [-0.3, -0.25) is 0 Å². The highest BCUT2D eigenvalue weighted by atomic mass is 35.5. The normalized spacial score (nSPS) is 10.9. The SMILES string of the molecule is COc1cc(Cl)cc(CNCCOC(C)C)c1O. The van der Waals surface area contributed by atoms with Gasteiger partial charge in [-0.15, -0.1) is 0 Å². The van der Waals surface area contributed by atoms with E-state index < -0.39 is 0 Å². The molecule has 4 nitrogen and oxygen atoms in total. The van der Waals surface area contributed by atoms with E-state index in [2.05, 4.69) is 5.32 Å². The lowest BCUT2D eigenvalue weighted by Crippen LogP contribution is -2.21. The van der Waals surface area contributed by atoms with Crippen molar-refractivity contribution in [2.45, 2.75) is 26.5 Å². The molecule has 2 N–H and O–H groups in total. The first kappa shape index (κ1) is 15.1. The van der Waals surface area contributed by atoms with Crippen LogP contribution < -0.4 is 10.1 Å². The lowest BCUT2D eigenvalue weighted by atomic mass is 10.2. The van der Waals surface area contributed by atoms with E-state index in [1.165, 1.54) is 7.11 Å². The maximum absolute atomic E-state index is 9.90. The van der Waals surface area contributed by atoms with Crippen LogP contribution in [0.1, 0.15) is 19.4 Å². The number of phenolic OH excluding ortho intramolecular Hbond substituents is 1. The van der Waals surface area contributed by atoms with Crippen LogP contribution in [0.4, 0.5) is 0 Å². The molecule has 0 fully saturated rings. The van der Waals surface area contributed by atoms with Gasteiger partial charge in [-0.1, -0.05) is 11.6 Å². The summed E-state index contributed by atoms with van der Waals surface area (Å²) < 4.78 is 10.4. The number of hydrogen-bond donors (Lipinski definition) is 2. The molecule has 5 heteroatoms. The molecule has 0 saturated heterocycles. The first-order valence-electron chi connectivity index (χ1n) is 5.92. The van der Waals surface area contributed by atoms with Crippen molar-refractivity contribution >= 4 is 11.6 Å². The molecule has 1 aromatic rings. The van der Waals surface area contributed by atoms with Crippen LogP contribution in [0.25, 0.3) is 0 Å². The van der Waals surface area contributed by atoms with Gasteiger partial charge < -0.3 is 19.9 Å². The highest BCUT2D eigenvalue weighted by Crippen LogP contribution is 2.33. The quantitative estimate of drug-likeness (QED) is 0.750. The van der Waals surface area contributed by atoms with Gasteiger partial charge in [0.05, 0.1) is 19.8 Å². The Balaban J connectivity index is 2.49. The van der Waals surface area contributed by atoms with Crippen molar-refractivity contribution in [1.82, 2.24) is 5.32 Å². The van der Waals surface area contributed by atoms with E-state index in [4.69, 9.17) is 21.1 Å². The van der Waals surface area contributed by atoms with Crippen molar-refractivity contribution in [3.8, 4) is 11.5 Å². The predicted octanol–water partition coefficient (Wildman–Crippen LogP) is 2.57. The lowest BCUT2D eigenvalue weighted by Gasteiger charge is -2.11. The number of benzene rings is 1. The summed E-state index contributed by atoms with van der Waals surface area (Å²) in [4.78, 5) is 0. The molecule has 0 heterocycles. The molecule has 0 radical (unpaired) electrons. The zero-order valence-electron chi connectivity index (χ0n) is 11.0. The van der Waals surface area contributed by atoms with E-state index in [1.54, 1.807) is 12.1 Å². The number of phenols is 1. The monoisotopic (exact) mass is 273 g/mol. The minimum atomic E-state index is 0.124. The summed E-state index contributed by atoms with van der Waals surface area (Å²) in [7, 11) is 1.50. The Kier molecular flexibility index (Phi) is 6.25. The second-order valence-corrected chi connectivity index (χ2v) is 4.65. The molecule has 18 heavy (non-hydrogen) atoms. The Morgan fingerprint density at radius 2 is 2.11 bits per heavy atom. The first-order valence-corrected chi connectivity index (χ1v) is 6.30. The van der Waals surface area contributed by atoms with Crippen LogP contribution >= 0.6 is 11.6 Å². The Bertz CT molecular complexity index is 383. The summed E-state index contributed by atoms with van der Waals surface area (Å²) in [5.41, 5.74) is 0.712. The molecule has 1 aromatic carbocycles. The number of aromatic hydroxyl groups is 1. The Hall–Kier alpha value is -0.970. The molecule has 0 bridgehead atoms. The smallest absolute Gasteiger partial charge is 0.162 e. The number of methoxy groups -OCH3 is 1. The summed E-state index contributed by atoms with van der Waals surface area (Å²) in [5, 5.41) is 13.6. The molecule has 0 aliphatic rings. The molecular weight excluding hydrogens is 254 g/mol. The molecule has 0 saturated carbocycles. The van der Waals surface area contributed by atoms with Crippen LogP contribution in [0.2, 0.25) is 5.02 Å². The molecule has 0 spiro atoms. The van der Waals surface area contributed by atoms with Crippen molar-refractivity contribution in [3.05, 3.63) is 22.7 Å². The van der Waals surface area contributed by atoms with E-state index in [1.807, 2.05) is 13.8 Å². The largest absolute Gasteiger partial charge is 0.504 e. The van der Waals surface area contributed by atoms with Crippen LogP contribution in [0.15, 0.2) is 12.1 Å². The van der Waals surface area contributed by atoms with E-state index in [-0.39, 0.29) is 11.9 Å². The third-order valence-corrected chi connectivity index (χ3v) is 2.60. The van der Waals surface area contributed by atoms with Gasteiger partial charge in [-0.2, -0.15) is 0 Å². The molecule has 0 aliphatic carbocycles. The second kappa shape index (κ2) is 7.46. The Morgan fingerprint density at radius 1 is 1.39 bits per heavy atom.